The summed E-state index contributed by atoms with van der Waals surface area (Å²) in [4.78, 5) is 22.7. The first-order valence-corrected chi connectivity index (χ1v) is 6.00. The molecular formula is C15H14N2O3. The number of rotatable bonds is 3. The van der Waals surface area contributed by atoms with E-state index in [2.05, 4.69) is 5.32 Å². The van der Waals surface area contributed by atoms with Gasteiger partial charge in [-0.3, -0.25) is 10.1 Å². The van der Waals surface area contributed by atoms with Crippen LogP contribution in [0.2, 0.25) is 0 Å². The van der Waals surface area contributed by atoms with Crippen LogP contribution in [-0.4, -0.2) is 12.0 Å². The van der Waals surface area contributed by atoms with E-state index in [0.717, 1.165) is 5.56 Å². The molecule has 0 atom stereocenters. The number of hydrogen-bond donors (Lipinski definition) is 2. The van der Waals surface area contributed by atoms with Gasteiger partial charge in [0.15, 0.2) is 0 Å². The molecule has 0 radical (unpaired) electrons. The molecule has 0 fully saturated rings. The van der Waals surface area contributed by atoms with Crippen molar-refractivity contribution in [3.05, 3.63) is 59.7 Å². The van der Waals surface area contributed by atoms with Crippen molar-refractivity contribution in [2.24, 2.45) is 5.73 Å². The lowest BCUT2D eigenvalue weighted by Gasteiger charge is -2.07. The highest BCUT2D eigenvalue weighted by atomic mass is 16.6. The van der Waals surface area contributed by atoms with E-state index in [0.29, 0.717) is 17.0 Å². The number of aryl methyl sites for hydroxylation is 1. The molecule has 0 aliphatic rings. The molecular weight excluding hydrogens is 256 g/mol. The smallest absolute Gasteiger partial charge is 0.410 e. The number of nitrogens with two attached hydrogens (primary N) is 1. The molecule has 0 bridgehead atoms. The Bertz CT molecular complexity index is 636. The third-order valence-corrected chi connectivity index (χ3v) is 2.63. The van der Waals surface area contributed by atoms with Crippen molar-refractivity contribution in [3.8, 4) is 5.75 Å². The zero-order valence-electron chi connectivity index (χ0n) is 10.9. The van der Waals surface area contributed by atoms with Crippen LogP contribution in [0.4, 0.5) is 10.5 Å². The molecule has 0 aliphatic heterocycles. The van der Waals surface area contributed by atoms with Crippen molar-refractivity contribution in [2.45, 2.75) is 6.92 Å². The summed E-state index contributed by atoms with van der Waals surface area (Å²) < 4.78 is 5.11. The van der Waals surface area contributed by atoms with Crippen molar-refractivity contribution in [1.29, 1.82) is 0 Å². The predicted molar refractivity (Wildman–Crippen MR) is 75.8 cm³/mol. The van der Waals surface area contributed by atoms with Crippen molar-refractivity contribution >= 4 is 17.7 Å². The zero-order chi connectivity index (χ0) is 14.5. The molecule has 0 spiro atoms. The molecule has 20 heavy (non-hydrogen) atoms. The third kappa shape index (κ3) is 3.58. The van der Waals surface area contributed by atoms with Gasteiger partial charge in [0, 0.05) is 11.3 Å². The van der Waals surface area contributed by atoms with E-state index >= 15 is 0 Å². The second-order valence-electron chi connectivity index (χ2n) is 4.27. The minimum absolute atomic E-state index is 0.318. The van der Waals surface area contributed by atoms with Crippen molar-refractivity contribution in [3.63, 3.8) is 0 Å². The van der Waals surface area contributed by atoms with E-state index in [4.69, 9.17) is 10.5 Å². The van der Waals surface area contributed by atoms with E-state index in [1.54, 1.807) is 30.3 Å². The van der Waals surface area contributed by atoms with E-state index < -0.39 is 12.0 Å². The van der Waals surface area contributed by atoms with Gasteiger partial charge >= 0.3 is 6.09 Å². The molecule has 0 unspecified atom stereocenters. The van der Waals surface area contributed by atoms with Gasteiger partial charge < -0.3 is 10.5 Å². The van der Waals surface area contributed by atoms with Gasteiger partial charge in [0.2, 0.25) is 5.91 Å². The van der Waals surface area contributed by atoms with E-state index in [9.17, 15) is 9.59 Å². The number of amides is 2. The largest absolute Gasteiger partial charge is 0.417 e. The summed E-state index contributed by atoms with van der Waals surface area (Å²) in [6, 6.07) is 13.4. The Morgan fingerprint density at radius 2 is 1.80 bits per heavy atom. The standard InChI is InChI=1S/C15H14N2O3/c1-10-5-7-13(8-6-10)20-15(19)17-12-4-2-3-11(9-12)14(16)18/h2-9H,1H3,(H2,16,18)(H,17,19). The maximum atomic E-state index is 11.7. The molecule has 102 valence electrons. The molecule has 0 aliphatic carbocycles. The Morgan fingerprint density at radius 3 is 2.45 bits per heavy atom. The molecule has 5 heteroatoms. The number of hydrogen-bond acceptors (Lipinski definition) is 3. The Kier molecular flexibility index (Phi) is 4.00. The van der Waals surface area contributed by atoms with Gasteiger partial charge in [0.1, 0.15) is 5.75 Å². The maximum absolute atomic E-state index is 11.7. The van der Waals surface area contributed by atoms with E-state index in [1.807, 2.05) is 19.1 Å². The lowest BCUT2D eigenvalue weighted by atomic mass is 10.2. The Hall–Kier alpha value is -2.82. The number of carbonyl (C=O) groups is 2. The monoisotopic (exact) mass is 270 g/mol. The molecule has 0 heterocycles. The molecule has 0 saturated carbocycles. The minimum Gasteiger partial charge on any atom is -0.410 e. The summed E-state index contributed by atoms with van der Waals surface area (Å²) >= 11 is 0. The van der Waals surface area contributed by atoms with Gasteiger partial charge in [0.25, 0.3) is 0 Å². The fourth-order valence-electron chi connectivity index (χ4n) is 1.61. The lowest BCUT2D eigenvalue weighted by molar-refractivity contribution is 0.1000. The average molecular weight is 270 g/mol. The van der Waals surface area contributed by atoms with Crippen molar-refractivity contribution < 1.29 is 14.3 Å². The first-order valence-electron chi connectivity index (χ1n) is 6.00. The molecule has 2 aromatic carbocycles. The Morgan fingerprint density at radius 1 is 1.10 bits per heavy atom. The molecule has 5 nitrogen and oxygen atoms in total. The van der Waals surface area contributed by atoms with Gasteiger partial charge in [-0.2, -0.15) is 0 Å². The molecule has 2 amide bonds. The number of primary amides is 1. The van der Waals surface area contributed by atoms with Crippen LogP contribution in [-0.2, 0) is 0 Å². The Balaban J connectivity index is 2.02. The van der Waals surface area contributed by atoms with Crippen LogP contribution in [0.5, 0.6) is 5.75 Å². The molecule has 0 saturated heterocycles. The topological polar surface area (TPSA) is 81.4 Å². The summed E-state index contributed by atoms with van der Waals surface area (Å²) in [6.45, 7) is 1.94. The zero-order valence-corrected chi connectivity index (χ0v) is 10.9. The molecule has 2 aromatic rings. The lowest BCUT2D eigenvalue weighted by Crippen LogP contribution is -2.17. The molecule has 0 aromatic heterocycles. The average Bonchev–Trinajstić information content (AvgIpc) is 2.41. The first kappa shape index (κ1) is 13.6. The second-order valence-corrected chi connectivity index (χ2v) is 4.27. The summed E-state index contributed by atoms with van der Waals surface area (Å²) in [5.41, 5.74) is 7.00. The first-order chi connectivity index (χ1) is 9.54. The van der Waals surface area contributed by atoms with E-state index in [-0.39, 0.29) is 0 Å². The summed E-state index contributed by atoms with van der Waals surface area (Å²) in [6.07, 6.45) is -0.629. The minimum atomic E-state index is -0.629. The van der Waals surface area contributed by atoms with Gasteiger partial charge in [-0.15, -0.1) is 0 Å². The van der Waals surface area contributed by atoms with Gasteiger partial charge in [0.05, 0.1) is 0 Å². The number of anilines is 1. The third-order valence-electron chi connectivity index (χ3n) is 2.63. The van der Waals surface area contributed by atoms with Crippen LogP contribution in [0.15, 0.2) is 48.5 Å². The molecule has 2 rings (SSSR count). The fourth-order valence-corrected chi connectivity index (χ4v) is 1.61. The number of carbonyl (C=O) groups excluding carboxylic acids is 2. The molecule has 3 N–H and O–H groups in total. The van der Waals surface area contributed by atoms with Crippen LogP contribution in [0.25, 0.3) is 0 Å². The van der Waals surface area contributed by atoms with Crippen LogP contribution in [0.3, 0.4) is 0 Å². The summed E-state index contributed by atoms with van der Waals surface area (Å²) in [5.74, 6) is -0.111. The highest BCUT2D eigenvalue weighted by Crippen LogP contribution is 2.14. The van der Waals surface area contributed by atoms with Crippen molar-refractivity contribution in [1.82, 2.24) is 0 Å². The van der Waals surface area contributed by atoms with Crippen LogP contribution in [0.1, 0.15) is 15.9 Å². The summed E-state index contributed by atoms with van der Waals surface area (Å²) in [5, 5.41) is 2.53. The highest BCUT2D eigenvalue weighted by Gasteiger charge is 2.07. The van der Waals surface area contributed by atoms with Crippen LogP contribution >= 0.6 is 0 Å². The highest BCUT2D eigenvalue weighted by molar-refractivity contribution is 5.95. The number of nitrogens with one attached hydrogen (secondary N) is 1. The van der Waals surface area contributed by atoms with Crippen molar-refractivity contribution in [2.75, 3.05) is 5.32 Å². The quantitative estimate of drug-likeness (QED) is 0.899. The van der Waals surface area contributed by atoms with Gasteiger partial charge in [-0.05, 0) is 37.3 Å². The van der Waals surface area contributed by atoms with Gasteiger partial charge in [-0.1, -0.05) is 23.8 Å². The van der Waals surface area contributed by atoms with Crippen LogP contribution in [0, 0.1) is 6.92 Å². The van der Waals surface area contributed by atoms with Gasteiger partial charge in [-0.25, -0.2) is 4.79 Å². The number of ether oxygens (including phenoxy) is 1. The predicted octanol–water partition coefficient (Wildman–Crippen LogP) is 2.70. The normalized spacial score (nSPS) is 9.85. The fraction of sp³-hybridized carbons (Fsp3) is 0.0667. The second kappa shape index (κ2) is 5.88. The van der Waals surface area contributed by atoms with E-state index in [1.165, 1.54) is 6.07 Å². The summed E-state index contributed by atoms with van der Waals surface area (Å²) in [7, 11) is 0. The van der Waals surface area contributed by atoms with Crippen LogP contribution < -0.4 is 15.8 Å². The maximum Gasteiger partial charge on any atom is 0.417 e. The Labute approximate surface area is 116 Å². The number of benzene rings is 2. The SMILES string of the molecule is Cc1ccc(OC(=O)Nc2cccc(C(N)=O)c2)cc1.